The molecule has 0 spiro atoms. The van der Waals surface area contributed by atoms with Crippen LogP contribution in [0.1, 0.15) is 29.5 Å². The number of aromatic amines is 1. The average Bonchev–Trinajstić information content (AvgIpc) is 3.68. The van der Waals surface area contributed by atoms with Crippen LogP contribution in [-0.4, -0.2) is 45.9 Å². The first-order valence-corrected chi connectivity index (χ1v) is 13.4. The summed E-state index contributed by atoms with van der Waals surface area (Å²) in [6.07, 6.45) is -0.408. The molecule has 6 nitrogen and oxygen atoms in total. The molecule has 0 unspecified atom stereocenters. The number of halogens is 4. The van der Waals surface area contributed by atoms with Crippen LogP contribution in [0, 0.1) is 0 Å². The number of hydrogen-bond donors (Lipinski definition) is 2. The first-order chi connectivity index (χ1) is 19.2. The van der Waals surface area contributed by atoms with Crippen molar-refractivity contribution in [1.82, 2.24) is 14.8 Å². The van der Waals surface area contributed by atoms with Crippen molar-refractivity contribution < 1.29 is 22.8 Å². The molecule has 0 radical (unpaired) electrons. The second-order valence-electron chi connectivity index (χ2n) is 9.92. The number of H-pyrrole nitrogens is 1. The van der Waals surface area contributed by atoms with Gasteiger partial charge in [-0.3, -0.25) is 4.79 Å². The average molecular weight is 569 g/mol. The molecule has 1 fully saturated rings. The largest absolute Gasteiger partial charge is 0.416 e. The summed E-state index contributed by atoms with van der Waals surface area (Å²) in [5.41, 5.74) is 2.36. The summed E-state index contributed by atoms with van der Waals surface area (Å²) >= 11 is 6.04. The van der Waals surface area contributed by atoms with Crippen LogP contribution in [0.4, 0.5) is 23.7 Å². The lowest BCUT2D eigenvalue weighted by molar-refractivity contribution is -0.137. The number of carbonyl (C=O) groups is 2. The molecule has 0 aliphatic heterocycles. The van der Waals surface area contributed by atoms with Crippen LogP contribution in [-0.2, 0) is 23.9 Å². The summed E-state index contributed by atoms with van der Waals surface area (Å²) in [7, 11) is 0. The molecule has 10 heteroatoms. The molecule has 208 valence electrons. The summed E-state index contributed by atoms with van der Waals surface area (Å²) in [6.45, 7) is 0.301. The first kappa shape index (κ1) is 27.6. The Hall–Kier alpha value is -3.98. The topological polar surface area (TPSA) is 68.4 Å². The zero-order valence-electron chi connectivity index (χ0n) is 21.5. The highest BCUT2D eigenvalue weighted by Crippen LogP contribution is 2.30. The Bertz CT molecular complexity index is 1500. The van der Waals surface area contributed by atoms with Gasteiger partial charge in [-0.1, -0.05) is 48.0 Å². The van der Waals surface area contributed by atoms with Crippen LogP contribution >= 0.6 is 11.6 Å². The van der Waals surface area contributed by atoms with E-state index in [1.54, 1.807) is 29.2 Å². The summed E-state index contributed by atoms with van der Waals surface area (Å²) < 4.78 is 39.2. The number of carbonyl (C=O) groups excluding carboxylic acids is 2. The Morgan fingerprint density at radius 3 is 2.45 bits per heavy atom. The van der Waals surface area contributed by atoms with Gasteiger partial charge in [0.15, 0.2) is 0 Å². The van der Waals surface area contributed by atoms with E-state index in [-0.39, 0.29) is 25.0 Å². The molecule has 1 heterocycles. The van der Waals surface area contributed by atoms with Gasteiger partial charge in [-0.2, -0.15) is 13.2 Å². The fraction of sp³-hybridized carbons (Fsp3) is 0.267. The number of nitrogens with zero attached hydrogens (tertiary/aromatic N) is 2. The van der Waals surface area contributed by atoms with Gasteiger partial charge in [-0.25, -0.2) is 4.79 Å². The third kappa shape index (κ3) is 6.77. The minimum absolute atomic E-state index is 0.0512. The SMILES string of the molecule is O=C(CN(C(=O)Nc1cccc(Cl)c1)C1CC1)N(CCc1c[nH]c2ccccc12)Cc1ccc(C(F)(F)F)cc1. The van der Waals surface area contributed by atoms with E-state index in [4.69, 9.17) is 11.6 Å². The van der Waals surface area contributed by atoms with Gasteiger partial charge in [0.2, 0.25) is 5.91 Å². The predicted molar refractivity (Wildman–Crippen MR) is 149 cm³/mol. The molecule has 3 aromatic carbocycles. The molecule has 1 aliphatic carbocycles. The van der Waals surface area contributed by atoms with E-state index in [9.17, 15) is 22.8 Å². The minimum Gasteiger partial charge on any atom is -0.361 e. The van der Waals surface area contributed by atoms with Gasteiger partial charge in [0, 0.05) is 46.9 Å². The molecular weight excluding hydrogens is 541 g/mol. The zero-order valence-corrected chi connectivity index (χ0v) is 22.3. The number of hydrogen-bond acceptors (Lipinski definition) is 2. The van der Waals surface area contributed by atoms with Crippen molar-refractivity contribution in [3.8, 4) is 0 Å². The van der Waals surface area contributed by atoms with Crippen molar-refractivity contribution >= 4 is 40.1 Å². The number of fused-ring (bicyclic) bond motifs is 1. The van der Waals surface area contributed by atoms with Crippen molar-refractivity contribution in [3.63, 3.8) is 0 Å². The summed E-state index contributed by atoms with van der Waals surface area (Å²) in [4.78, 5) is 33.1. The van der Waals surface area contributed by atoms with Crippen molar-refractivity contribution in [1.29, 1.82) is 0 Å². The lowest BCUT2D eigenvalue weighted by Crippen LogP contribution is -2.45. The molecule has 5 rings (SSSR count). The van der Waals surface area contributed by atoms with E-state index in [1.165, 1.54) is 17.0 Å². The third-order valence-corrected chi connectivity index (χ3v) is 7.20. The van der Waals surface area contributed by atoms with Crippen LogP contribution in [0.25, 0.3) is 10.9 Å². The molecular formula is C30H28ClF3N4O2. The molecule has 4 aromatic rings. The maximum absolute atomic E-state index is 13.6. The summed E-state index contributed by atoms with van der Waals surface area (Å²) in [5, 5.41) is 4.34. The van der Waals surface area contributed by atoms with Gasteiger partial charge in [0.05, 0.1) is 5.56 Å². The van der Waals surface area contributed by atoms with E-state index in [0.717, 1.165) is 41.4 Å². The van der Waals surface area contributed by atoms with Crippen LogP contribution < -0.4 is 5.32 Å². The number of urea groups is 1. The van der Waals surface area contributed by atoms with E-state index in [2.05, 4.69) is 10.3 Å². The number of anilines is 1. The smallest absolute Gasteiger partial charge is 0.361 e. The van der Waals surface area contributed by atoms with Crippen molar-refractivity contribution in [2.75, 3.05) is 18.4 Å². The van der Waals surface area contributed by atoms with Gasteiger partial charge in [0.25, 0.3) is 0 Å². The Morgan fingerprint density at radius 1 is 1.00 bits per heavy atom. The Balaban J connectivity index is 1.33. The third-order valence-electron chi connectivity index (χ3n) is 6.96. The monoisotopic (exact) mass is 568 g/mol. The lowest BCUT2D eigenvalue weighted by atomic mass is 10.1. The summed E-state index contributed by atoms with van der Waals surface area (Å²) in [6, 6.07) is 19.0. The standard InChI is InChI=1S/C30H28ClF3N4O2/c31-23-4-3-5-24(16-23)36-29(40)38(25-12-13-25)19-28(39)37(18-20-8-10-22(11-9-20)30(32,33)34)15-14-21-17-35-27-7-2-1-6-26(21)27/h1-11,16-17,25,35H,12-15,18-19H2,(H,36,40). The molecule has 1 aliphatic rings. The molecule has 1 aromatic heterocycles. The van der Waals surface area contributed by atoms with Crippen molar-refractivity contribution in [3.05, 3.63) is 101 Å². The number of amides is 3. The highest BCUT2D eigenvalue weighted by Gasteiger charge is 2.35. The maximum Gasteiger partial charge on any atom is 0.416 e. The highest BCUT2D eigenvalue weighted by molar-refractivity contribution is 6.30. The Morgan fingerprint density at radius 2 is 1.75 bits per heavy atom. The Labute approximate surface area is 234 Å². The van der Waals surface area contributed by atoms with Crippen LogP contribution in [0.3, 0.4) is 0 Å². The number of nitrogens with one attached hydrogen (secondary N) is 2. The van der Waals surface area contributed by atoms with Gasteiger partial charge in [-0.05, 0) is 66.8 Å². The molecule has 40 heavy (non-hydrogen) atoms. The quantitative estimate of drug-likeness (QED) is 0.226. The second-order valence-corrected chi connectivity index (χ2v) is 10.4. The molecule has 2 N–H and O–H groups in total. The van der Waals surface area contributed by atoms with Gasteiger partial charge in [0.1, 0.15) is 6.54 Å². The number of alkyl halides is 3. The number of aromatic nitrogens is 1. The fourth-order valence-corrected chi connectivity index (χ4v) is 4.86. The van der Waals surface area contributed by atoms with E-state index >= 15 is 0 Å². The van der Waals surface area contributed by atoms with E-state index in [0.29, 0.717) is 29.2 Å². The molecule has 0 saturated heterocycles. The molecule has 0 atom stereocenters. The van der Waals surface area contributed by atoms with E-state index < -0.39 is 17.8 Å². The fourth-order valence-electron chi connectivity index (χ4n) is 4.67. The lowest BCUT2D eigenvalue weighted by Gasteiger charge is -2.28. The number of benzene rings is 3. The van der Waals surface area contributed by atoms with Gasteiger partial charge in [-0.15, -0.1) is 0 Å². The van der Waals surface area contributed by atoms with Crippen LogP contribution in [0.15, 0.2) is 79.0 Å². The molecule has 3 amide bonds. The second kappa shape index (κ2) is 11.6. The maximum atomic E-state index is 13.6. The first-order valence-electron chi connectivity index (χ1n) is 13.0. The Kier molecular flexibility index (Phi) is 8.02. The predicted octanol–water partition coefficient (Wildman–Crippen LogP) is 7.11. The van der Waals surface area contributed by atoms with E-state index in [1.807, 2.05) is 30.5 Å². The molecule has 1 saturated carbocycles. The van der Waals surface area contributed by atoms with Crippen LogP contribution in [0.5, 0.6) is 0 Å². The number of rotatable bonds is 9. The minimum atomic E-state index is -4.44. The highest BCUT2D eigenvalue weighted by atomic mass is 35.5. The zero-order chi connectivity index (χ0) is 28.3. The van der Waals surface area contributed by atoms with Gasteiger partial charge >= 0.3 is 12.2 Å². The molecule has 0 bridgehead atoms. The van der Waals surface area contributed by atoms with Crippen LogP contribution in [0.2, 0.25) is 5.02 Å². The van der Waals surface area contributed by atoms with Crippen molar-refractivity contribution in [2.45, 2.75) is 38.0 Å². The summed E-state index contributed by atoms with van der Waals surface area (Å²) in [5.74, 6) is -0.284. The van der Waals surface area contributed by atoms with Gasteiger partial charge < -0.3 is 20.1 Å². The van der Waals surface area contributed by atoms with Crippen molar-refractivity contribution in [2.24, 2.45) is 0 Å². The normalized spacial score (nSPS) is 13.3. The number of para-hydroxylation sites is 1.